The van der Waals surface area contributed by atoms with Crippen LogP contribution in [0.15, 0.2) is 67.7 Å². The summed E-state index contributed by atoms with van der Waals surface area (Å²) in [5, 5.41) is 0. The van der Waals surface area contributed by atoms with Gasteiger partial charge in [-0.2, -0.15) is 0 Å². The van der Waals surface area contributed by atoms with E-state index in [0.717, 1.165) is 11.1 Å². The first-order chi connectivity index (χ1) is 10.7. The van der Waals surface area contributed by atoms with E-state index in [1.54, 1.807) is 30.6 Å². The van der Waals surface area contributed by atoms with E-state index in [1.807, 2.05) is 18.2 Å². The van der Waals surface area contributed by atoms with Crippen molar-refractivity contribution in [1.82, 2.24) is 9.97 Å². The summed E-state index contributed by atoms with van der Waals surface area (Å²) in [6.07, 6.45) is 7.14. The van der Waals surface area contributed by atoms with Gasteiger partial charge in [0.15, 0.2) is 5.58 Å². The van der Waals surface area contributed by atoms with E-state index in [0.29, 0.717) is 11.1 Å². The van der Waals surface area contributed by atoms with Gasteiger partial charge >= 0.3 is 5.76 Å². The zero-order valence-electron chi connectivity index (χ0n) is 11.4. The van der Waals surface area contributed by atoms with Crippen LogP contribution in [-0.2, 0) is 5.54 Å². The molecule has 1 atom stereocenters. The molecule has 4 rings (SSSR count). The van der Waals surface area contributed by atoms with Gasteiger partial charge in [-0.15, -0.1) is 0 Å². The van der Waals surface area contributed by atoms with Gasteiger partial charge in [0.25, 0.3) is 0 Å². The van der Waals surface area contributed by atoms with Crippen molar-refractivity contribution in [2.24, 2.45) is 4.99 Å². The van der Waals surface area contributed by atoms with Gasteiger partial charge in [0, 0.05) is 24.0 Å². The third kappa shape index (κ3) is 1.77. The molecule has 0 bridgehead atoms. The first kappa shape index (κ1) is 12.6. The van der Waals surface area contributed by atoms with Crippen LogP contribution in [0.5, 0.6) is 0 Å². The van der Waals surface area contributed by atoms with Crippen molar-refractivity contribution in [3.8, 4) is 0 Å². The Morgan fingerprint density at radius 3 is 2.68 bits per heavy atom. The molecule has 1 unspecified atom stereocenters. The Hall–Kier alpha value is -3.15. The minimum atomic E-state index is -0.728. The quantitative estimate of drug-likeness (QED) is 0.753. The molecule has 2 N–H and O–H groups in total. The lowest BCUT2D eigenvalue weighted by atomic mass is 9.85. The first-order valence-corrected chi connectivity index (χ1v) is 6.73. The van der Waals surface area contributed by atoms with Gasteiger partial charge in [0.2, 0.25) is 5.56 Å². The summed E-state index contributed by atoms with van der Waals surface area (Å²) in [6.45, 7) is 0. The van der Waals surface area contributed by atoms with Crippen molar-refractivity contribution in [2.45, 2.75) is 5.54 Å². The van der Waals surface area contributed by atoms with Crippen molar-refractivity contribution in [3.05, 3.63) is 80.7 Å². The summed E-state index contributed by atoms with van der Waals surface area (Å²) in [5.41, 5.74) is 1.89. The van der Waals surface area contributed by atoms with Crippen LogP contribution in [0.4, 0.5) is 0 Å². The van der Waals surface area contributed by atoms with Gasteiger partial charge < -0.3 is 9.40 Å². The molecule has 3 heterocycles. The van der Waals surface area contributed by atoms with Crippen molar-refractivity contribution < 1.29 is 4.42 Å². The standard InChI is InChI=1S/C16H11N3O3/c20-14-5-3-11(9-17-14)16(6-1-7-18-16)10-2-4-12-13(8-10)22-15(21)19-12/h1-9H,(H,17,20)(H,19,21). The fourth-order valence-electron chi connectivity index (χ4n) is 2.72. The third-order valence-corrected chi connectivity index (χ3v) is 3.79. The molecule has 0 saturated carbocycles. The van der Waals surface area contributed by atoms with Gasteiger partial charge in [0.1, 0.15) is 5.54 Å². The summed E-state index contributed by atoms with van der Waals surface area (Å²) in [7, 11) is 0. The fraction of sp³-hybridized carbons (Fsp3) is 0.0625. The third-order valence-electron chi connectivity index (χ3n) is 3.79. The Bertz CT molecular complexity index is 1000. The van der Waals surface area contributed by atoms with Crippen molar-refractivity contribution >= 4 is 17.3 Å². The number of benzene rings is 1. The molecule has 3 aromatic rings. The molecule has 0 aliphatic carbocycles. The lowest BCUT2D eigenvalue weighted by Crippen LogP contribution is -2.22. The first-order valence-electron chi connectivity index (χ1n) is 6.73. The monoisotopic (exact) mass is 293 g/mol. The maximum atomic E-state index is 11.3. The molecule has 0 fully saturated rings. The largest absolute Gasteiger partial charge is 0.417 e. The number of hydrogen-bond donors (Lipinski definition) is 2. The number of allylic oxidation sites excluding steroid dienone is 1. The second-order valence-corrected chi connectivity index (χ2v) is 5.07. The molecular weight excluding hydrogens is 282 g/mol. The molecule has 0 spiro atoms. The molecule has 1 aliphatic heterocycles. The highest BCUT2D eigenvalue weighted by Gasteiger charge is 2.33. The number of fused-ring (bicyclic) bond motifs is 1. The summed E-state index contributed by atoms with van der Waals surface area (Å²) >= 11 is 0. The van der Waals surface area contributed by atoms with Crippen LogP contribution in [0.3, 0.4) is 0 Å². The average Bonchev–Trinajstić information content (AvgIpc) is 3.13. The summed E-state index contributed by atoms with van der Waals surface area (Å²) < 4.78 is 5.12. The Morgan fingerprint density at radius 1 is 1.09 bits per heavy atom. The number of aliphatic imine (C=N–C) groups is 1. The number of aromatic amines is 2. The van der Waals surface area contributed by atoms with Crippen LogP contribution >= 0.6 is 0 Å². The van der Waals surface area contributed by atoms with E-state index in [2.05, 4.69) is 15.0 Å². The lowest BCUT2D eigenvalue weighted by Gasteiger charge is -2.25. The molecule has 108 valence electrons. The van der Waals surface area contributed by atoms with Crippen LogP contribution in [0.2, 0.25) is 0 Å². The number of pyridine rings is 1. The molecule has 22 heavy (non-hydrogen) atoms. The SMILES string of the molecule is O=c1ccc(C2(c3ccc4[nH]c(=O)oc4c3)C=CC=N2)c[nH]1. The minimum absolute atomic E-state index is 0.170. The molecule has 6 nitrogen and oxygen atoms in total. The topological polar surface area (TPSA) is 91.2 Å². The summed E-state index contributed by atoms with van der Waals surface area (Å²) in [5.74, 6) is -0.490. The van der Waals surface area contributed by atoms with Gasteiger partial charge in [0.05, 0.1) is 5.52 Å². The second-order valence-electron chi connectivity index (χ2n) is 5.07. The molecule has 1 aliphatic rings. The number of hydrogen-bond acceptors (Lipinski definition) is 4. The maximum Gasteiger partial charge on any atom is 0.417 e. The number of rotatable bonds is 2. The lowest BCUT2D eigenvalue weighted by molar-refractivity contribution is 0.554. The van der Waals surface area contributed by atoms with Crippen LogP contribution in [-0.4, -0.2) is 16.2 Å². The highest BCUT2D eigenvalue weighted by molar-refractivity contribution is 5.79. The summed E-state index contributed by atoms with van der Waals surface area (Å²) in [6, 6.07) is 8.65. The number of H-pyrrole nitrogens is 2. The number of oxazole rings is 1. The molecule has 0 amide bonds. The van der Waals surface area contributed by atoms with Gasteiger partial charge in [-0.3, -0.25) is 14.8 Å². The van der Waals surface area contributed by atoms with Crippen LogP contribution < -0.4 is 11.3 Å². The van der Waals surface area contributed by atoms with E-state index in [9.17, 15) is 9.59 Å². The van der Waals surface area contributed by atoms with E-state index in [4.69, 9.17) is 4.42 Å². The van der Waals surface area contributed by atoms with Crippen molar-refractivity contribution in [2.75, 3.05) is 0 Å². The Labute approximate surface area is 123 Å². The maximum absolute atomic E-state index is 11.3. The van der Waals surface area contributed by atoms with E-state index in [1.165, 1.54) is 6.07 Å². The highest BCUT2D eigenvalue weighted by Crippen LogP contribution is 2.37. The molecular formula is C16H11N3O3. The van der Waals surface area contributed by atoms with E-state index < -0.39 is 11.3 Å². The van der Waals surface area contributed by atoms with Gasteiger partial charge in [-0.1, -0.05) is 6.07 Å². The van der Waals surface area contributed by atoms with Gasteiger partial charge in [-0.25, -0.2) is 4.79 Å². The van der Waals surface area contributed by atoms with Gasteiger partial charge in [-0.05, 0) is 35.9 Å². The van der Waals surface area contributed by atoms with Crippen molar-refractivity contribution in [3.63, 3.8) is 0 Å². The fourth-order valence-corrected chi connectivity index (χ4v) is 2.72. The normalized spacial score (nSPS) is 20.0. The van der Waals surface area contributed by atoms with E-state index >= 15 is 0 Å². The van der Waals surface area contributed by atoms with Crippen LogP contribution in [0.1, 0.15) is 11.1 Å². The number of aromatic nitrogens is 2. The van der Waals surface area contributed by atoms with Crippen LogP contribution in [0, 0.1) is 0 Å². The Kier molecular flexibility index (Phi) is 2.53. The second kappa shape index (κ2) is 4.42. The Balaban J connectivity index is 1.96. The Morgan fingerprint density at radius 2 is 1.95 bits per heavy atom. The zero-order valence-corrected chi connectivity index (χ0v) is 11.4. The minimum Gasteiger partial charge on any atom is -0.408 e. The smallest absolute Gasteiger partial charge is 0.408 e. The average molecular weight is 293 g/mol. The zero-order chi connectivity index (χ0) is 15.2. The number of nitrogens with zero attached hydrogens (tertiary/aromatic N) is 1. The molecule has 0 radical (unpaired) electrons. The molecule has 0 saturated heterocycles. The molecule has 1 aromatic carbocycles. The van der Waals surface area contributed by atoms with Crippen molar-refractivity contribution in [1.29, 1.82) is 0 Å². The summed E-state index contributed by atoms with van der Waals surface area (Å²) in [4.78, 5) is 32.4. The predicted octanol–water partition coefficient (Wildman–Crippen LogP) is 1.69. The van der Waals surface area contributed by atoms with Crippen LogP contribution in [0.25, 0.3) is 11.1 Å². The molecule has 2 aromatic heterocycles. The van der Waals surface area contributed by atoms with E-state index in [-0.39, 0.29) is 5.56 Å². The predicted molar refractivity (Wildman–Crippen MR) is 82.3 cm³/mol. The number of nitrogens with one attached hydrogen (secondary N) is 2. The highest BCUT2D eigenvalue weighted by atomic mass is 16.4. The molecule has 6 heteroatoms.